The van der Waals surface area contributed by atoms with Crippen LogP contribution in [-0.4, -0.2) is 26.3 Å². The lowest BCUT2D eigenvalue weighted by Crippen LogP contribution is -2.30. The largest absolute Gasteiger partial charge is 0.460 e. The molecule has 0 saturated heterocycles. The summed E-state index contributed by atoms with van der Waals surface area (Å²) >= 11 is 5.97. The lowest BCUT2D eigenvalue weighted by molar-refractivity contribution is -0.384. The lowest BCUT2D eigenvalue weighted by atomic mass is 10.1. The number of non-ortho nitro benzene ring substituents is 1. The summed E-state index contributed by atoms with van der Waals surface area (Å²) in [4.78, 5) is 22.0. The Hall–Kier alpha value is -3.55. The molecular weight excluding hydrogens is 428 g/mol. The molecule has 8 heteroatoms. The molecule has 0 N–H and O–H groups in total. The number of benzene rings is 2. The number of nitro benzene ring substituents is 1. The molecule has 0 unspecified atom stereocenters. The van der Waals surface area contributed by atoms with Gasteiger partial charge in [0.15, 0.2) is 5.82 Å². The molecule has 3 heterocycles. The predicted molar refractivity (Wildman–Crippen MR) is 121 cm³/mol. The Morgan fingerprint density at radius 1 is 1.03 bits per heavy atom. The maximum Gasteiger partial charge on any atom is 0.269 e. The van der Waals surface area contributed by atoms with E-state index in [1.165, 1.54) is 12.1 Å². The van der Waals surface area contributed by atoms with Crippen LogP contribution in [0.15, 0.2) is 71.3 Å². The van der Waals surface area contributed by atoms with Crippen LogP contribution in [0.25, 0.3) is 22.7 Å². The molecule has 2 aromatic heterocycles. The van der Waals surface area contributed by atoms with Gasteiger partial charge >= 0.3 is 0 Å². The van der Waals surface area contributed by atoms with E-state index < -0.39 is 4.92 Å². The van der Waals surface area contributed by atoms with Crippen molar-refractivity contribution in [3.8, 4) is 22.7 Å². The van der Waals surface area contributed by atoms with Crippen LogP contribution < -0.4 is 0 Å². The monoisotopic (exact) mass is 446 g/mol. The van der Waals surface area contributed by atoms with Crippen molar-refractivity contribution in [2.24, 2.45) is 0 Å². The Morgan fingerprint density at radius 3 is 2.53 bits per heavy atom. The number of furan rings is 1. The Kier molecular flexibility index (Phi) is 5.43. The number of aromatic nitrogens is 2. The average molecular weight is 447 g/mol. The Morgan fingerprint density at radius 2 is 1.78 bits per heavy atom. The molecule has 1 aliphatic heterocycles. The molecule has 7 nitrogen and oxygen atoms in total. The van der Waals surface area contributed by atoms with Crippen molar-refractivity contribution in [2.75, 3.05) is 6.54 Å². The van der Waals surface area contributed by atoms with Gasteiger partial charge in [-0.3, -0.25) is 15.0 Å². The van der Waals surface area contributed by atoms with E-state index in [1.54, 1.807) is 12.1 Å². The van der Waals surface area contributed by atoms with Crippen molar-refractivity contribution in [2.45, 2.75) is 19.5 Å². The highest BCUT2D eigenvalue weighted by atomic mass is 35.5. The van der Waals surface area contributed by atoms with E-state index in [-0.39, 0.29) is 5.69 Å². The smallest absolute Gasteiger partial charge is 0.269 e. The van der Waals surface area contributed by atoms with Crippen LogP contribution in [0.4, 0.5) is 5.69 Å². The maximum absolute atomic E-state index is 10.8. The van der Waals surface area contributed by atoms with Gasteiger partial charge in [0.2, 0.25) is 0 Å². The normalized spacial score (nSPS) is 13.7. The highest BCUT2D eigenvalue weighted by Crippen LogP contribution is 2.27. The average Bonchev–Trinajstić information content (AvgIpc) is 3.28. The maximum atomic E-state index is 10.8. The second-order valence-corrected chi connectivity index (χ2v) is 8.14. The highest BCUT2D eigenvalue weighted by molar-refractivity contribution is 6.30. The summed E-state index contributed by atoms with van der Waals surface area (Å²) in [6, 6.07) is 17.8. The molecule has 160 valence electrons. The van der Waals surface area contributed by atoms with Gasteiger partial charge in [0.05, 0.1) is 17.2 Å². The summed E-state index contributed by atoms with van der Waals surface area (Å²) in [5.74, 6) is 2.26. The molecule has 0 radical (unpaired) electrons. The van der Waals surface area contributed by atoms with Crippen molar-refractivity contribution in [1.82, 2.24) is 14.9 Å². The fourth-order valence-corrected chi connectivity index (χ4v) is 3.96. The van der Waals surface area contributed by atoms with Crippen LogP contribution in [-0.2, 0) is 19.5 Å². The topological polar surface area (TPSA) is 85.3 Å². The molecule has 0 fully saturated rings. The van der Waals surface area contributed by atoms with Crippen LogP contribution in [0, 0.1) is 10.1 Å². The number of rotatable bonds is 5. The first-order chi connectivity index (χ1) is 15.5. The number of nitro groups is 1. The number of hydrogen-bond acceptors (Lipinski definition) is 6. The summed E-state index contributed by atoms with van der Waals surface area (Å²) in [6.07, 6.45) is 2.75. The van der Waals surface area contributed by atoms with Crippen LogP contribution in [0.1, 0.15) is 17.0 Å². The van der Waals surface area contributed by atoms with Gasteiger partial charge in [-0.2, -0.15) is 0 Å². The number of nitrogens with zero attached hydrogens (tertiary/aromatic N) is 4. The lowest BCUT2D eigenvalue weighted by Gasteiger charge is -2.27. The van der Waals surface area contributed by atoms with Gasteiger partial charge in [-0.15, -0.1) is 0 Å². The quantitative estimate of drug-likeness (QED) is 0.296. The minimum Gasteiger partial charge on any atom is -0.460 e. The molecule has 0 atom stereocenters. The first-order valence-corrected chi connectivity index (χ1v) is 10.6. The molecule has 0 amide bonds. The molecule has 2 aromatic carbocycles. The molecule has 32 heavy (non-hydrogen) atoms. The van der Waals surface area contributed by atoms with Crippen LogP contribution >= 0.6 is 11.6 Å². The second kappa shape index (κ2) is 8.53. The zero-order valence-electron chi connectivity index (χ0n) is 17.1. The van der Waals surface area contributed by atoms with Gasteiger partial charge in [0.25, 0.3) is 5.69 Å². The van der Waals surface area contributed by atoms with E-state index in [0.717, 1.165) is 47.7 Å². The van der Waals surface area contributed by atoms with Gasteiger partial charge in [-0.1, -0.05) is 11.6 Å². The fourth-order valence-electron chi connectivity index (χ4n) is 3.83. The molecular formula is C24H19ClN4O3. The van der Waals surface area contributed by atoms with E-state index >= 15 is 0 Å². The first-order valence-electron chi connectivity index (χ1n) is 10.2. The fraction of sp³-hybridized carbons (Fsp3) is 0.167. The molecule has 1 aliphatic rings. The zero-order valence-corrected chi connectivity index (χ0v) is 17.8. The third-order valence-electron chi connectivity index (χ3n) is 5.52. The Balaban J connectivity index is 1.26. The third-order valence-corrected chi connectivity index (χ3v) is 5.77. The van der Waals surface area contributed by atoms with Crippen molar-refractivity contribution >= 4 is 17.3 Å². The summed E-state index contributed by atoms with van der Waals surface area (Å²) in [6.45, 7) is 2.30. The Bertz CT molecular complexity index is 1270. The first kappa shape index (κ1) is 20.4. The summed E-state index contributed by atoms with van der Waals surface area (Å²) in [7, 11) is 0. The van der Waals surface area contributed by atoms with E-state index in [9.17, 15) is 10.1 Å². The zero-order chi connectivity index (χ0) is 22.1. The molecule has 5 rings (SSSR count). The van der Waals surface area contributed by atoms with Gasteiger partial charge in [-0.25, -0.2) is 9.97 Å². The number of halogens is 1. The van der Waals surface area contributed by atoms with E-state index in [2.05, 4.69) is 9.88 Å². The summed E-state index contributed by atoms with van der Waals surface area (Å²) < 4.78 is 5.99. The molecule has 4 aromatic rings. The summed E-state index contributed by atoms with van der Waals surface area (Å²) in [5.41, 5.74) is 4.03. The second-order valence-electron chi connectivity index (χ2n) is 7.70. The summed E-state index contributed by atoms with van der Waals surface area (Å²) in [5, 5.41) is 11.5. The molecule has 0 saturated carbocycles. The van der Waals surface area contributed by atoms with Crippen LogP contribution in [0.5, 0.6) is 0 Å². The van der Waals surface area contributed by atoms with Crippen molar-refractivity contribution < 1.29 is 9.34 Å². The molecule has 0 spiro atoms. The number of hydrogen-bond donors (Lipinski definition) is 0. The van der Waals surface area contributed by atoms with E-state index in [1.807, 2.05) is 42.6 Å². The minimum absolute atomic E-state index is 0.0638. The van der Waals surface area contributed by atoms with Crippen LogP contribution in [0.3, 0.4) is 0 Å². The molecule has 0 bridgehead atoms. The standard InChI is InChI=1S/C24H19ClN4O3/c25-19-5-1-17(2-6-19)24-26-13-18-14-28(12-11-22(18)27-24)15-21-9-10-23(32-21)16-3-7-20(8-4-16)29(30)31/h1-10,13H,11-12,14-15H2. The Labute approximate surface area is 189 Å². The van der Waals surface area contributed by atoms with E-state index in [4.69, 9.17) is 21.0 Å². The van der Waals surface area contributed by atoms with Crippen molar-refractivity contribution in [1.29, 1.82) is 0 Å². The van der Waals surface area contributed by atoms with Crippen molar-refractivity contribution in [3.63, 3.8) is 0 Å². The van der Waals surface area contributed by atoms with Gasteiger partial charge < -0.3 is 4.42 Å². The van der Waals surface area contributed by atoms with Gasteiger partial charge in [0, 0.05) is 59.6 Å². The van der Waals surface area contributed by atoms with Crippen LogP contribution in [0.2, 0.25) is 5.02 Å². The SMILES string of the molecule is O=[N+]([O-])c1ccc(-c2ccc(CN3CCc4nc(-c5ccc(Cl)cc5)ncc4C3)o2)cc1. The van der Waals surface area contributed by atoms with E-state index in [0.29, 0.717) is 23.2 Å². The van der Waals surface area contributed by atoms with Gasteiger partial charge in [0.1, 0.15) is 11.5 Å². The predicted octanol–water partition coefficient (Wildman–Crippen LogP) is 5.52. The van der Waals surface area contributed by atoms with Gasteiger partial charge in [-0.05, 0) is 48.5 Å². The minimum atomic E-state index is -0.409. The van der Waals surface area contributed by atoms with Crippen molar-refractivity contribution in [3.05, 3.63) is 99.0 Å². The molecule has 0 aliphatic carbocycles. The number of fused-ring (bicyclic) bond motifs is 1. The third kappa shape index (κ3) is 4.26. The highest BCUT2D eigenvalue weighted by Gasteiger charge is 2.20.